The van der Waals surface area contributed by atoms with E-state index in [9.17, 15) is 0 Å². The highest BCUT2D eigenvalue weighted by Crippen LogP contribution is 2.16. The molecule has 0 aliphatic rings. The second kappa shape index (κ2) is 6.03. The van der Waals surface area contributed by atoms with E-state index in [1.165, 1.54) is 5.56 Å². The zero-order valence-electron chi connectivity index (χ0n) is 9.25. The van der Waals surface area contributed by atoms with Gasteiger partial charge in [-0.1, -0.05) is 31.5 Å². The molecule has 0 saturated carbocycles. The molecular formula is C11H18N4. The number of aliphatic imine (C=N–C) groups is 1. The number of hydrogen-bond acceptors (Lipinski definition) is 2. The van der Waals surface area contributed by atoms with Crippen LogP contribution in [0, 0.1) is 0 Å². The van der Waals surface area contributed by atoms with E-state index in [0.29, 0.717) is 5.96 Å². The number of hydrogen-bond donors (Lipinski definition) is 3. The van der Waals surface area contributed by atoms with Gasteiger partial charge in [0.15, 0.2) is 0 Å². The molecule has 0 heterocycles. The fourth-order valence-corrected chi connectivity index (χ4v) is 1.41. The van der Waals surface area contributed by atoms with E-state index in [1.807, 2.05) is 18.2 Å². The number of para-hydroxylation sites is 1. The average molecular weight is 206 g/mol. The molecule has 0 bridgehead atoms. The molecule has 0 aromatic heterocycles. The molecule has 0 atom stereocenters. The van der Waals surface area contributed by atoms with Crippen LogP contribution in [-0.4, -0.2) is 13.0 Å². The molecule has 4 heteroatoms. The van der Waals surface area contributed by atoms with Crippen molar-refractivity contribution < 1.29 is 0 Å². The first-order chi connectivity index (χ1) is 7.31. The zero-order chi connectivity index (χ0) is 11.1. The zero-order valence-corrected chi connectivity index (χ0v) is 9.25. The van der Waals surface area contributed by atoms with Crippen molar-refractivity contribution in [2.24, 2.45) is 10.8 Å². The van der Waals surface area contributed by atoms with Gasteiger partial charge in [-0.15, -0.1) is 0 Å². The van der Waals surface area contributed by atoms with Crippen molar-refractivity contribution in [3.8, 4) is 0 Å². The maximum atomic E-state index is 5.31. The summed E-state index contributed by atoms with van der Waals surface area (Å²) in [5, 5.41) is 3.15. The third-order valence-corrected chi connectivity index (χ3v) is 2.15. The number of rotatable bonds is 3. The molecule has 0 spiro atoms. The number of guanidine groups is 1. The molecule has 0 radical (unpaired) electrons. The Morgan fingerprint density at radius 1 is 1.40 bits per heavy atom. The molecule has 1 aromatic rings. The van der Waals surface area contributed by atoms with E-state index >= 15 is 0 Å². The Morgan fingerprint density at radius 2 is 2.13 bits per heavy atom. The predicted molar refractivity (Wildman–Crippen MR) is 64.7 cm³/mol. The van der Waals surface area contributed by atoms with Crippen LogP contribution < -0.4 is 16.6 Å². The van der Waals surface area contributed by atoms with Crippen molar-refractivity contribution in [3.05, 3.63) is 29.8 Å². The highest BCUT2D eigenvalue weighted by molar-refractivity contribution is 5.93. The van der Waals surface area contributed by atoms with Crippen molar-refractivity contribution in [2.75, 3.05) is 12.4 Å². The summed E-state index contributed by atoms with van der Waals surface area (Å²) in [5.74, 6) is 5.88. The van der Waals surface area contributed by atoms with Gasteiger partial charge in [0.25, 0.3) is 0 Å². The molecule has 15 heavy (non-hydrogen) atoms. The van der Waals surface area contributed by atoms with E-state index in [1.54, 1.807) is 7.05 Å². The van der Waals surface area contributed by atoms with Gasteiger partial charge in [0.2, 0.25) is 5.96 Å². The summed E-state index contributed by atoms with van der Waals surface area (Å²) in [4.78, 5) is 3.97. The molecule has 0 fully saturated rings. The predicted octanol–water partition coefficient (Wildman–Crippen LogP) is 1.50. The number of hydrazine groups is 1. The standard InChI is InChI=1S/C11H18N4/c1-3-6-9-7-4-5-8-10(9)14-11(13-2)15-12/h4-5,7-8H,3,6,12H2,1-2H3,(H2,13,14,15). The van der Waals surface area contributed by atoms with Crippen LogP contribution in [0.4, 0.5) is 5.69 Å². The Labute approximate surface area is 90.6 Å². The SMILES string of the molecule is CCCc1ccccc1NC(=NC)NN. The van der Waals surface area contributed by atoms with Crippen molar-refractivity contribution in [1.82, 2.24) is 5.43 Å². The van der Waals surface area contributed by atoms with Gasteiger partial charge >= 0.3 is 0 Å². The quantitative estimate of drug-likeness (QED) is 0.304. The molecule has 0 aliphatic heterocycles. The molecule has 0 amide bonds. The Hall–Kier alpha value is -1.55. The number of aryl methyl sites for hydroxylation is 1. The lowest BCUT2D eigenvalue weighted by molar-refractivity contribution is 0.922. The van der Waals surface area contributed by atoms with E-state index in [-0.39, 0.29) is 0 Å². The minimum absolute atomic E-state index is 0.568. The van der Waals surface area contributed by atoms with Gasteiger partial charge in [0, 0.05) is 12.7 Å². The highest BCUT2D eigenvalue weighted by Gasteiger charge is 2.02. The molecule has 0 saturated heterocycles. The van der Waals surface area contributed by atoms with Gasteiger partial charge in [-0.25, -0.2) is 5.84 Å². The number of nitrogens with one attached hydrogen (secondary N) is 2. The number of anilines is 1. The van der Waals surface area contributed by atoms with E-state index in [2.05, 4.69) is 28.7 Å². The average Bonchev–Trinajstić information content (AvgIpc) is 2.28. The van der Waals surface area contributed by atoms with Crippen LogP contribution in [0.15, 0.2) is 29.3 Å². The van der Waals surface area contributed by atoms with Gasteiger partial charge in [-0.05, 0) is 18.1 Å². The summed E-state index contributed by atoms with van der Waals surface area (Å²) >= 11 is 0. The van der Waals surface area contributed by atoms with Crippen LogP contribution in [0.25, 0.3) is 0 Å². The number of nitrogens with zero attached hydrogens (tertiary/aromatic N) is 1. The Balaban J connectivity index is 2.83. The summed E-state index contributed by atoms with van der Waals surface area (Å²) in [6, 6.07) is 8.16. The third-order valence-electron chi connectivity index (χ3n) is 2.15. The minimum Gasteiger partial charge on any atom is -0.325 e. The monoisotopic (exact) mass is 206 g/mol. The summed E-state index contributed by atoms with van der Waals surface area (Å²) in [5.41, 5.74) is 4.84. The smallest absolute Gasteiger partial charge is 0.209 e. The van der Waals surface area contributed by atoms with Crippen molar-refractivity contribution >= 4 is 11.6 Å². The van der Waals surface area contributed by atoms with Crippen LogP contribution in [0.3, 0.4) is 0 Å². The summed E-state index contributed by atoms with van der Waals surface area (Å²) in [7, 11) is 1.69. The minimum atomic E-state index is 0.568. The fourth-order valence-electron chi connectivity index (χ4n) is 1.41. The highest BCUT2D eigenvalue weighted by atomic mass is 15.3. The Morgan fingerprint density at radius 3 is 2.73 bits per heavy atom. The van der Waals surface area contributed by atoms with Crippen molar-refractivity contribution in [2.45, 2.75) is 19.8 Å². The second-order valence-corrected chi connectivity index (χ2v) is 3.25. The summed E-state index contributed by atoms with van der Waals surface area (Å²) in [6.07, 6.45) is 2.16. The Kier molecular flexibility index (Phi) is 4.63. The molecule has 0 aliphatic carbocycles. The van der Waals surface area contributed by atoms with E-state index in [4.69, 9.17) is 5.84 Å². The lowest BCUT2D eigenvalue weighted by atomic mass is 10.1. The molecule has 1 rings (SSSR count). The van der Waals surface area contributed by atoms with Gasteiger partial charge in [0.1, 0.15) is 0 Å². The second-order valence-electron chi connectivity index (χ2n) is 3.25. The maximum Gasteiger partial charge on any atom is 0.209 e. The van der Waals surface area contributed by atoms with Crippen LogP contribution in [0.5, 0.6) is 0 Å². The first-order valence-electron chi connectivity index (χ1n) is 5.10. The third kappa shape index (κ3) is 3.25. The van der Waals surface area contributed by atoms with Crippen molar-refractivity contribution in [3.63, 3.8) is 0 Å². The van der Waals surface area contributed by atoms with Crippen LogP contribution >= 0.6 is 0 Å². The van der Waals surface area contributed by atoms with Gasteiger partial charge < -0.3 is 5.32 Å². The largest absolute Gasteiger partial charge is 0.325 e. The van der Waals surface area contributed by atoms with Crippen LogP contribution in [0.1, 0.15) is 18.9 Å². The number of benzene rings is 1. The van der Waals surface area contributed by atoms with Gasteiger partial charge in [-0.3, -0.25) is 10.4 Å². The van der Waals surface area contributed by atoms with Crippen molar-refractivity contribution in [1.29, 1.82) is 0 Å². The molecule has 82 valence electrons. The molecule has 4 N–H and O–H groups in total. The summed E-state index contributed by atoms with van der Waals surface area (Å²) in [6.45, 7) is 2.16. The fraction of sp³-hybridized carbons (Fsp3) is 0.364. The first kappa shape index (κ1) is 11.5. The molecule has 4 nitrogen and oxygen atoms in total. The lowest BCUT2D eigenvalue weighted by Crippen LogP contribution is -2.36. The van der Waals surface area contributed by atoms with E-state index < -0.39 is 0 Å². The molecule has 0 unspecified atom stereocenters. The molecular weight excluding hydrogens is 188 g/mol. The topological polar surface area (TPSA) is 62.4 Å². The lowest BCUT2D eigenvalue weighted by Gasteiger charge is -2.12. The van der Waals surface area contributed by atoms with Crippen LogP contribution in [0.2, 0.25) is 0 Å². The van der Waals surface area contributed by atoms with E-state index in [0.717, 1.165) is 18.5 Å². The summed E-state index contributed by atoms with van der Waals surface area (Å²) < 4.78 is 0. The Bertz CT molecular complexity index is 333. The van der Waals surface area contributed by atoms with Gasteiger partial charge in [-0.2, -0.15) is 0 Å². The number of nitrogens with two attached hydrogens (primary N) is 1. The normalized spacial score (nSPS) is 11.3. The first-order valence-corrected chi connectivity index (χ1v) is 5.10. The van der Waals surface area contributed by atoms with Crippen LogP contribution in [-0.2, 0) is 6.42 Å². The molecule has 1 aromatic carbocycles. The maximum absolute atomic E-state index is 5.31. The van der Waals surface area contributed by atoms with Gasteiger partial charge in [0.05, 0.1) is 0 Å².